The van der Waals surface area contributed by atoms with Crippen LogP contribution < -0.4 is 5.73 Å². The van der Waals surface area contributed by atoms with Crippen LogP contribution in [0.25, 0.3) is 0 Å². The average molecular weight is 189 g/mol. The van der Waals surface area contributed by atoms with Gasteiger partial charge in [0.2, 0.25) is 0 Å². The van der Waals surface area contributed by atoms with E-state index in [1.807, 2.05) is 11.9 Å². The Balaban J connectivity index is 0. The first-order valence-corrected chi connectivity index (χ1v) is 2.82. The van der Waals surface area contributed by atoms with Crippen LogP contribution in [0.2, 0.25) is 0 Å². The molecule has 64 valence electrons. The molecular weight excluding hydrogens is 175 g/mol. The maximum absolute atomic E-state index is 9.00. The highest BCUT2D eigenvalue weighted by Gasteiger charge is 2.24. The van der Waals surface area contributed by atoms with Crippen LogP contribution >= 0.6 is 24.8 Å². The fraction of sp³-hybridized carbons (Fsp3) is 1.00. The summed E-state index contributed by atoms with van der Waals surface area (Å²) in [6.07, 6.45) is -0.306. The molecule has 2 unspecified atom stereocenters. The summed E-state index contributed by atoms with van der Waals surface area (Å²) in [6, 6.07) is -0.0278. The van der Waals surface area contributed by atoms with E-state index in [9.17, 15) is 0 Å². The van der Waals surface area contributed by atoms with Crippen molar-refractivity contribution in [2.24, 2.45) is 5.73 Å². The monoisotopic (exact) mass is 188 g/mol. The first-order chi connectivity index (χ1) is 3.70. The number of aliphatic hydroxyl groups excluding tert-OH is 1. The Hall–Kier alpha value is 0.460. The molecule has 5 heteroatoms. The van der Waals surface area contributed by atoms with Gasteiger partial charge in [-0.2, -0.15) is 0 Å². The number of likely N-dealkylation sites (tertiary alicyclic amines) is 1. The number of aliphatic hydroxyl groups is 1. The minimum atomic E-state index is -0.306. The average Bonchev–Trinajstić information content (AvgIpc) is 1.85. The number of β-amino-alcohol motifs (C(OH)–C–C–N with tert-alkyl or cyclic N) is 1. The van der Waals surface area contributed by atoms with E-state index in [0.29, 0.717) is 0 Å². The van der Waals surface area contributed by atoms with Crippen LogP contribution in [0.3, 0.4) is 0 Å². The van der Waals surface area contributed by atoms with E-state index in [-0.39, 0.29) is 37.0 Å². The van der Waals surface area contributed by atoms with Crippen LogP contribution in [-0.4, -0.2) is 42.3 Å². The third-order valence-corrected chi connectivity index (χ3v) is 1.52. The van der Waals surface area contributed by atoms with Crippen molar-refractivity contribution in [3.63, 3.8) is 0 Å². The third kappa shape index (κ3) is 3.03. The van der Waals surface area contributed by atoms with Gasteiger partial charge in [-0.25, -0.2) is 0 Å². The molecule has 3 nitrogen and oxygen atoms in total. The predicted octanol–water partition coefficient (Wildman–Crippen LogP) is -0.536. The lowest BCUT2D eigenvalue weighted by molar-refractivity contribution is 0.169. The molecule has 0 bridgehead atoms. The summed E-state index contributed by atoms with van der Waals surface area (Å²) in [5.74, 6) is 0. The number of rotatable bonds is 0. The van der Waals surface area contributed by atoms with Crippen molar-refractivity contribution in [3.8, 4) is 0 Å². The Morgan fingerprint density at radius 2 is 1.90 bits per heavy atom. The van der Waals surface area contributed by atoms with Crippen LogP contribution in [0.5, 0.6) is 0 Å². The zero-order chi connectivity index (χ0) is 6.15. The van der Waals surface area contributed by atoms with Crippen LogP contribution in [0.4, 0.5) is 0 Å². The first-order valence-electron chi connectivity index (χ1n) is 2.82. The molecule has 1 aliphatic heterocycles. The number of hydrogen-bond acceptors (Lipinski definition) is 3. The topological polar surface area (TPSA) is 49.5 Å². The molecule has 1 aliphatic rings. The first kappa shape index (κ1) is 13.1. The van der Waals surface area contributed by atoms with Gasteiger partial charge < -0.3 is 15.7 Å². The number of likely N-dealkylation sites (N-methyl/N-ethyl adjacent to an activating group) is 1. The molecule has 0 aromatic rings. The fourth-order valence-electron chi connectivity index (χ4n) is 1.01. The molecule has 0 aromatic carbocycles. The Morgan fingerprint density at radius 1 is 1.40 bits per heavy atom. The quantitative estimate of drug-likeness (QED) is 0.538. The molecule has 1 rings (SSSR count). The maximum atomic E-state index is 9.00. The van der Waals surface area contributed by atoms with Crippen LogP contribution in [0.1, 0.15) is 0 Å². The van der Waals surface area contributed by atoms with Gasteiger partial charge in [0.25, 0.3) is 0 Å². The van der Waals surface area contributed by atoms with Gasteiger partial charge >= 0.3 is 0 Å². The smallest absolute Gasteiger partial charge is 0.0830 e. The zero-order valence-electron chi connectivity index (χ0n) is 5.86. The predicted molar refractivity (Wildman–Crippen MR) is 46.0 cm³/mol. The summed E-state index contributed by atoms with van der Waals surface area (Å²) in [6.45, 7) is 1.54. The van der Waals surface area contributed by atoms with Crippen LogP contribution in [0, 0.1) is 0 Å². The Bertz CT molecular complexity index is 83.7. The highest BCUT2D eigenvalue weighted by Crippen LogP contribution is 2.03. The standard InChI is InChI=1S/C5H12N2O.2ClH/c1-7-2-4(6)5(8)3-7;;/h4-5,8H,2-3,6H2,1H3;2*1H. The van der Waals surface area contributed by atoms with Gasteiger partial charge in [0.15, 0.2) is 0 Å². The zero-order valence-corrected chi connectivity index (χ0v) is 7.49. The van der Waals surface area contributed by atoms with E-state index in [4.69, 9.17) is 10.8 Å². The molecule has 0 radical (unpaired) electrons. The van der Waals surface area contributed by atoms with Crippen molar-refractivity contribution in [2.45, 2.75) is 12.1 Å². The molecule has 1 saturated heterocycles. The molecule has 0 amide bonds. The van der Waals surface area contributed by atoms with E-state index >= 15 is 0 Å². The summed E-state index contributed by atoms with van der Waals surface area (Å²) < 4.78 is 0. The van der Waals surface area contributed by atoms with E-state index in [1.165, 1.54) is 0 Å². The van der Waals surface area contributed by atoms with Gasteiger partial charge in [-0.15, -0.1) is 24.8 Å². The molecule has 1 heterocycles. The van der Waals surface area contributed by atoms with Gasteiger partial charge in [-0.1, -0.05) is 0 Å². The second kappa shape index (κ2) is 5.16. The molecule has 1 fully saturated rings. The molecule has 2 atom stereocenters. The van der Waals surface area contributed by atoms with Crippen molar-refractivity contribution < 1.29 is 5.11 Å². The molecule has 3 N–H and O–H groups in total. The fourth-order valence-corrected chi connectivity index (χ4v) is 1.01. The lowest BCUT2D eigenvalue weighted by Gasteiger charge is -2.03. The number of nitrogens with two attached hydrogens (primary N) is 1. The van der Waals surface area contributed by atoms with E-state index in [1.54, 1.807) is 0 Å². The second-order valence-electron chi connectivity index (χ2n) is 2.45. The van der Waals surface area contributed by atoms with Crippen molar-refractivity contribution in [3.05, 3.63) is 0 Å². The van der Waals surface area contributed by atoms with Gasteiger partial charge in [-0.3, -0.25) is 0 Å². The summed E-state index contributed by atoms with van der Waals surface area (Å²) in [7, 11) is 1.95. The molecule has 0 spiro atoms. The van der Waals surface area contributed by atoms with E-state index < -0.39 is 0 Å². The normalized spacial score (nSPS) is 32.7. The molecule has 0 aromatic heterocycles. The minimum absolute atomic E-state index is 0. The molecule has 10 heavy (non-hydrogen) atoms. The van der Waals surface area contributed by atoms with E-state index in [0.717, 1.165) is 13.1 Å². The highest BCUT2D eigenvalue weighted by molar-refractivity contribution is 5.85. The minimum Gasteiger partial charge on any atom is -0.390 e. The largest absolute Gasteiger partial charge is 0.390 e. The molecular formula is C5H14Cl2N2O. The van der Waals surface area contributed by atoms with Crippen LogP contribution in [-0.2, 0) is 0 Å². The Labute approximate surface area is 73.4 Å². The third-order valence-electron chi connectivity index (χ3n) is 1.52. The lowest BCUT2D eigenvalue weighted by Crippen LogP contribution is -2.32. The molecule has 0 saturated carbocycles. The summed E-state index contributed by atoms with van der Waals surface area (Å²) >= 11 is 0. The Kier molecular flexibility index (Phi) is 6.74. The molecule has 0 aliphatic carbocycles. The van der Waals surface area contributed by atoms with Gasteiger partial charge in [0.05, 0.1) is 6.10 Å². The number of halogens is 2. The van der Waals surface area contributed by atoms with Crippen molar-refractivity contribution in [2.75, 3.05) is 20.1 Å². The number of hydrogen-bond donors (Lipinski definition) is 2. The lowest BCUT2D eigenvalue weighted by atomic mass is 10.2. The summed E-state index contributed by atoms with van der Waals surface area (Å²) in [5, 5.41) is 9.00. The van der Waals surface area contributed by atoms with E-state index in [2.05, 4.69) is 0 Å². The summed E-state index contributed by atoms with van der Waals surface area (Å²) in [4.78, 5) is 2.02. The number of nitrogens with zero attached hydrogens (tertiary/aromatic N) is 1. The van der Waals surface area contributed by atoms with Crippen molar-refractivity contribution in [1.29, 1.82) is 0 Å². The highest BCUT2D eigenvalue weighted by atomic mass is 35.5. The second-order valence-corrected chi connectivity index (χ2v) is 2.45. The van der Waals surface area contributed by atoms with Crippen molar-refractivity contribution in [1.82, 2.24) is 4.90 Å². The van der Waals surface area contributed by atoms with Crippen LogP contribution in [0.15, 0.2) is 0 Å². The SMILES string of the molecule is CN1CC(N)C(O)C1.Cl.Cl. The maximum Gasteiger partial charge on any atom is 0.0830 e. The van der Waals surface area contributed by atoms with Gasteiger partial charge in [0.1, 0.15) is 0 Å². The Morgan fingerprint density at radius 3 is 2.00 bits per heavy atom. The van der Waals surface area contributed by atoms with Crippen molar-refractivity contribution >= 4 is 24.8 Å². The summed E-state index contributed by atoms with van der Waals surface area (Å²) in [5.41, 5.74) is 5.48. The van der Waals surface area contributed by atoms with Gasteiger partial charge in [-0.05, 0) is 7.05 Å². The van der Waals surface area contributed by atoms with Gasteiger partial charge in [0, 0.05) is 19.1 Å².